The molecule has 0 saturated heterocycles. The Bertz CT molecular complexity index is 487. The summed E-state index contributed by atoms with van der Waals surface area (Å²) in [7, 11) is 1.18. The molecule has 1 rings (SSSR count). The molecule has 2 N–H and O–H groups in total. The van der Waals surface area contributed by atoms with Gasteiger partial charge in [-0.1, -0.05) is 0 Å². The van der Waals surface area contributed by atoms with Crippen LogP contribution in [0, 0.1) is 17.0 Å². The normalized spacial score (nSPS) is 13.7. The highest BCUT2D eigenvalue weighted by molar-refractivity contribution is 5.69. The lowest BCUT2D eigenvalue weighted by Crippen LogP contribution is -2.23. The fourth-order valence-electron chi connectivity index (χ4n) is 1.68. The number of aliphatic hydroxyl groups excluding tert-OH is 2. The summed E-state index contributed by atoms with van der Waals surface area (Å²) in [5.74, 6) is -0.647. The quantitative estimate of drug-likeness (QED) is 0.466. The molecular weight excluding hydrogens is 254 g/mol. The van der Waals surface area contributed by atoms with Crippen molar-refractivity contribution >= 4 is 11.7 Å². The zero-order valence-electron chi connectivity index (χ0n) is 10.6. The average Bonchev–Trinajstić information content (AvgIpc) is 2.37. The number of carbonyl (C=O) groups excluding carboxylic acids is 1. The van der Waals surface area contributed by atoms with Crippen LogP contribution in [-0.4, -0.2) is 34.3 Å². The number of esters is 1. The number of rotatable bonds is 5. The van der Waals surface area contributed by atoms with E-state index in [2.05, 4.69) is 4.74 Å². The van der Waals surface area contributed by atoms with Gasteiger partial charge in [-0.3, -0.25) is 14.9 Å². The number of nitro groups is 1. The van der Waals surface area contributed by atoms with Gasteiger partial charge in [0.15, 0.2) is 0 Å². The first-order valence-electron chi connectivity index (χ1n) is 5.54. The summed E-state index contributed by atoms with van der Waals surface area (Å²) >= 11 is 0. The first-order chi connectivity index (χ1) is 8.86. The Kier molecular flexibility index (Phi) is 4.96. The van der Waals surface area contributed by atoms with Gasteiger partial charge in [0.1, 0.15) is 6.10 Å². The summed E-state index contributed by atoms with van der Waals surface area (Å²) in [4.78, 5) is 21.0. The molecule has 2 unspecified atom stereocenters. The van der Waals surface area contributed by atoms with E-state index < -0.39 is 23.1 Å². The molecule has 0 bridgehead atoms. The third kappa shape index (κ3) is 3.73. The van der Waals surface area contributed by atoms with Gasteiger partial charge in [-0.15, -0.1) is 0 Å². The zero-order chi connectivity index (χ0) is 14.6. The molecule has 19 heavy (non-hydrogen) atoms. The molecule has 7 heteroatoms. The van der Waals surface area contributed by atoms with E-state index in [0.29, 0.717) is 11.1 Å². The molecule has 2 atom stereocenters. The Morgan fingerprint density at radius 1 is 1.47 bits per heavy atom. The second kappa shape index (κ2) is 6.26. The Labute approximate surface area is 109 Å². The number of hydrogen-bond donors (Lipinski definition) is 2. The topological polar surface area (TPSA) is 110 Å². The predicted octanol–water partition coefficient (Wildman–Crippen LogP) is 0.861. The number of nitrogens with zero attached hydrogens (tertiary/aromatic N) is 1. The van der Waals surface area contributed by atoms with Crippen LogP contribution in [-0.2, 0) is 9.53 Å². The summed E-state index contributed by atoms with van der Waals surface area (Å²) in [5.41, 5.74) is 0.698. The van der Waals surface area contributed by atoms with Gasteiger partial charge in [0, 0.05) is 12.1 Å². The van der Waals surface area contributed by atoms with Gasteiger partial charge >= 0.3 is 5.97 Å². The van der Waals surface area contributed by atoms with E-state index in [0.717, 1.165) is 0 Å². The van der Waals surface area contributed by atoms with Crippen LogP contribution in [0.15, 0.2) is 18.2 Å². The lowest BCUT2D eigenvalue weighted by atomic mass is 9.97. The van der Waals surface area contributed by atoms with Gasteiger partial charge in [-0.25, -0.2) is 0 Å². The largest absolute Gasteiger partial charge is 0.469 e. The van der Waals surface area contributed by atoms with Crippen LogP contribution in [0.25, 0.3) is 0 Å². The van der Waals surface area contributed by atoms with Crippen LogP contribution < -0.4 is 0 Å². The van der Waals surface area contributed by atoms with Crippen LogP contribution in [0.5, 0.6) is 0 Å². The lowest BCUT2D eigenvalue weighted by molar-refractivity contribution is -0.384. The van der Waals surface area contributed by atoms with E-state index >= 15 is 0 Å². The van der Waals surface area contributed by atoms with E-state index in [1.165, 1.54) is 25.3 Å². The number of methoxy groups -OCH3 is 1. The average molecular weight is 269 g/mol. The highest BCUT2D eigenvalue weighted by Gasteiger charge is 2.24. The summed E-state index contributed by atoms with van der Waals surface area (Å²) in [6.07, 6.45) is -2.99. The second-order valence-electron chi connectivity index (χ2n) is 4.09. The monoisotopic (exact) mass is 269 g/mol. The van der Waals surface area contributed by atoms with Crippen LogP contribution in [0.4, 0.5) is 5.69 Å². The molecule has 0 aliphatic rings. The van der Waals surface area contributed by atoms with Crippen molar-refractivity contribution in [3.8, 4) is 0 Å². The molecule has 0 aliphatic heterocycles. The van der Waals surface area contributed by atoms with Crippen LogP contribution in [0.1, 0.15) is 23.7 Å². The minimum Gasteiger partial charge on any atom is -0.469 e. The van der Waals surface area contributed by atoms with Gasteiger partial charge < -0.3 is 14.9 Å². The third-order valence-electron chi connectivity index (χ3n) is 2.75. The van der Waals surface area contributed by atoms with Crippen molar-refractivity contribution in [3.05, 3.63) is 39.4 Å². The first kappa shape index (κ1) is 15.1. The highest BCUT2D eigenvalue weighted by Crippen LogP contribution is 2.25. The van der Waals surface area contributed by atoms with Gasteiger partial charge in [0.05, 0.1) is 24.6 Å². The molecule has 0 saturated carbocycles. The van der Waals surface area contributed by atoms with E-state index in [4.69, 9.17) is 0 Å². The minimum atomic E-state index is -1.33. The van der Waals surface area contributed by atoms with Crippen LogP contribution >= 0.6 is 0 Å². The number of nitro benzene ring substituents is 1. The second-order valence-corrected chi connectivity index (χ2v) is 4.09. The number of carbonyl (C=O) groups is 1. The van der Waals surface area contributed by atoms with E-state index in [1.807, 2.05) is 0 Å². The number of aliphatic hydroxyl groups is 2. The molecule has 0 aromatic heterocycles. The molecule has 0 heterocycles. The maximum Gasteiger partial charge on any atom is 0.308 e. The number of non-ortho nitro benzene ring substituents is 1. The number of aryl methyl sites for hydroxylation is 1. The van der Waals surface area contributed by atoms with E-state index in [-0.39, 0.29) is 12.1 Å². The van der Waals surface area contributed by atoms with Crippen molar-refractivity contribution in [2.24, 2.45) is 0 Å². The van der Waals surface area contributed by atoms with Crippen molar-refractivity contribution in [3.63, 3.8) is 0 Å². The predicted molar refractivity (Wildman–Crippen MR) is 65.4 cm³/mol. The molecule has 0 fully saturated rings. The van der Waals surface area contributed by atoms with Crippen molar-refractivity contribution < 1.29 is 24.7 Å². The number of ether oxygens (including phenoxy) is 1. The summed E-state index contributed by atoms with van der Waals surface area (Å²) < 4.78 is 4.39. The maximum absolute atomic E-state index is 11.0. The van der Waals surface area contributed by atoms with E-state index in [9.17, 15) is 25.1 Å². The summed E-state index contributed by atoms with van der Waals surface area (Å²) in [6, 6.07) is 3.89. The lowest BCUT2D eigenvalue weighted by Gasteiger charge is -2.18. The van der Waals surface area contributed by atoms with Gasteiger partial charge in [0.25, 0.3) is 5.69 Å². The molecule has 1 aromatic rings. The van der Waals surface area contributed by atoms with E-state index in [1.54, 1.807) is 6.92 Å². The molecule has 0 aliphatic carbocycles. The fourth-order valence-corrected chi connectivity index (χ4v) is 1.68. The smallest absolute Gasteiger partial charge is 0.308 e. The maximum atomic E-state index is 11.0. The molecule has 7 nitrogen and oxygen atoms in total. The molecule has 0 radical (unpaired) electrons. The minimum absolute atomic E-state index is 0.101. The Hall–Kier alpha value is -1.99. The Morgan fingerprint density at radius 2 is 2.11 bits per heavy atom. The molecule has 104 valence electrons. The van der Waals surface area contributed by atoms with Crippen molar-refractivity contribution in [1.29, 1.82) is 0 Å². The van der Waals surface area contributed by atoms with Crippen molar-refractivity contribution in [1.82, 2.24) is 0 Å². The van der Waals surface area contributed by atoms with Gasteiger partial charge in [-0.2, -0.15) is 0 Å². The Balaban J connectivity index is 2.90. The molecule has 1 aromatic carbocycles. The summed E-state index contributed by atoms with van der Waals surface area (Å²) in [5, 5.41) is 30.2. The van der Waals surface area contributed by atoms with Gasteiger partial charge in [-0.05, 0) is 24.1 Å². The van der Waals surface area contributed by atoms with Crippen LogP contribution in [0.3, 0.4) is 0 Å². The summed E-state index contributed by atoms with van der Waals surface area (Å²) in [6.45, 7) is 1.58. The Morgan fingerprint density at radius 3 is 2.58 bits per heavy atom. The zero-order valence-corrected chi connectivity index (χ0v) is 10.6. The van der Waals surface area contributed by atoms with Crippen molar-refractivity contribution in [2.45, 2.75) is 25.6 Å². The standard InChI is InChI=1S/C12H15NO6/c1-7-5-8(13(17)18)3-4-9(7)12(16)10(14)6-11(15)19-2/h3-5,10,12,14,16H,6H2,1-2H3. The fraction of sp³-hybridized carbons (Fsp3) is 0.417. The SMILES string of the molecule is COC(=O)CC(O)C(O)c1ccc([N+](=O)[O-])cc1C. The number of hydrogen-bond acceptors (Lipinski definition) is 6. The highest BCUT2D eigenvalue weighted by atomic mass is 16.6. The van der Waals surface area contributed by atoms with Crippen LogP contribution in [0.2, 0.25) is 0 Å². The number of benzene rings is 1. The molecular formula is C12H15NO6. The molecule has 0 spiro atoms. The van der Waals surface area contributed by atoms with Crippen molar-refractivity contribution in [2.75, 3.05) is 7.11 Å². The van der Waals surface area contributed by atoms with Gasteiger partial charge in [0.2, 0.25) is 0 Å². The molecule has 0 amide bonds. The first-order valence-corrected chi connectivity index (χ1v) is 5.54. The third-order valence-corrected chi connectivity index (χ3v) is 2.75.